The third kappa shape index (κ3) is 3.44. The van der Waals surface area contributed by atoms with E-state index in [9.17, 15) is 0 Å². The van der Waals surface area contributed by atoms with Crippen LogP contribution in [0.25, 0.3) is 32.2 Å². The molecule has 0 radical (unpaired) electrons. The highest BCUT2D eigenvalue weighted by molar-refractivity contribution is 7.14. The van der Waals surface area contributed by atoms with Gasteiger partial charge in [0.2, 0.25) is 0 Å². The number of anilines is 3. The number of benzene rings is 2. The van der Waals surface area contributed by atoms with Gasteiger partial charge in [-0.2, -0.15) is 0 Å². The molecular formula is C24H20N4S2. The van der Waals surface area contributed by atoms with Crippen molar-refractivity contribution in [1.29, 1.82) is 0 Å². The van der Waals surface area contributed by atoms with E-state index in [0.29, 0.717) is 0 Å². The second-order valence-electron chi connectivity index (χ2n) is 6.96. The Morgan fingerprint density at radius 1 is 0.700 bits per heavy atom. The molecule has 0 saturated carbocycles. The Balaban J connectivity index is 1.69. The first-order chi connectivity index (χ1) is 14.7. The monoisotopic (exact) mass is 428 g/mol. The lowest BCUT2D eigenvalue weighted by molar-refractivity contribution is 1.29. The Bertz CT molecular complexity index is 1290. The van der Waals surface area contributed by atoms with Gasteiger partial charge in [-0.15, -0.1) is 22.7 Å². The molecule has 0 unspecified atom stereocenters. The first-order valence-electron chi connectivity index (χ1n) is 9.67. The van der Waals surface area contributed by atoms with Gasteiger partial charge in [0.1, 0.15) is 16.9 Å². The van der Waals surface area contributed by atoms with Crippen LogP contribution >= 0.6 is 22.7 Å². The first kappa shape index (κ1) is 18.8. The second-order valence-corrected chi connectivity index (χ2v) is 8.85. The lowest BCUT2D eigenvalue weighted by atomic mass is 10.1. The van der Waals surface area contributed by atoms with E-state index in [0.717, 1.165) is 54.8 Å². The van der Waals surface area contributed by atoms with Gasteiger partial charge in [0.15, 0.2) is 0 Å². The molecule has 3 heterocycles. The maximum Gasteiger partial charge on any atom is 0.113 e. The van der Waals surface area contributed by atoms with Gasteiger partial charge >= 0.3 is 0 Å². The van der Waals surface area contributed by atoms with Crippen molar-refractivity contribution < 1.29 is 0 Å². The first-order valence-corrected chi connectivity index (χ1v) is 11.4. The Kier molecular flexibility index (Phi) is 4.94. The number of thiophene rings is 2. The van der Waals surface area contributed by atoms with Crippen molar-refractivity contribution in [2.75, 3.05) is 17.7 Å². The number of aromatic nitrogens is 2. The molecule has 5 rings (SSSR count). The van der Waals surface area contributed by atoms with Gasteiger partial charge in [-0.05, 0) is 65.7 Å². The molecule has 0 aliphatic rings. The van der Waals surface area contributed by atoms with Crippen molar-refractivity contribution in [2.45, 2.75) is 6.92 Å². The van der Waals surface area contributed by atoms with Crippen LogP contribution in [0.5, 0.6) is 0 Å². The molecule has 2 aromatic carbocycles. The molecular weight excluding hydrogens is 408 g/mol. The Morgan fingerprint density at radius 2 is 1.30 bits per heavy atom. The largest absolute Gasteiger partial charge is 0.388 e. The predicted molar refractivity (Wildman–Crippen MR) is 130 cm³/mol. The summed E-state index contributed by atoms with van der Waals surface area (Å²) in [5.41, 5.74) is 7.85. The zero-order valence-corrected chi connectivity index (χ0v) is 18.3. The molecule has 0 saturated heterocycles. The zero-order chi connectivity index (χ0) is 20.5. The van der Waals surface area contributed by atoms with Crippen molar-refractivity contribution in [3.05, 3.63) is 77.0 Å². The van der Waals surface area contributed by atoms with Gasteiger partial charge in [-0.3, -0.25) is 0 Å². The van der Waals surface area contributed by atoms with Crippen LogP contribution in [-0.2, 0) is 0 Å². The molecule has 0 fully saturated rings. The highest BCUT2D eigenvalue weighted by atomic mass is 32.1. The highest BCUT2D eigenvalue weighted by Crippen LogP contribution is 2.38. The van der Waals surface area contributed by atoms with Crippen LogP contribution < -0.4 is 10.6 Å². The summed E-state index contributed by atoms with van der Waals surface area (Å²) < 4.78 is 0. The predicted octanol–water partition coefficient (Wildman–Crippen LogP) is 7.18. The van der Waals surface area contributed by atoms with Crippen molar-refractivity contribution in [3.8, 4) is 21.1 Å². The van der Waals surface area contributed by atoms with E-state index in [1.807, 2.05) is 7.05 Å². The van der Waals surface area contributed by atoms with Crippen LogP contribution in [0, 0.1) is 6.92 Å². The van der Waals surface area contributed by atoms with Gasteiger partial charge in [0.25, 0.3) is 0 Å². The third-order valence-electron chi connectivity index (χ3n) is 4.99. The van der Waals surface area contributed by atoms with Crippen LogP contribution in [-0.4, -0.2) is 17.0 Å². The van der Waals surface area contributed by atoms with Gasteiger partial charge in [0, 0.05) is 18.4 Å². The van der Waals surface area contributed by atoms with E-state index in [1.54, 1.807) is 22.7 Å². The minimum absolute atomic E-state index is 0.886. The molecule has 0 spiro atoms. The minimum atomic E-state index is 0.886. The minimum Gasteiger partial charge on any atom is -0.388 e. The van der Waals surface area contributed by atoms with E-state index < -0.39 is 0 Å². The van der Waals surface area contributed by atoms with E-state index in [1.165, 1.54) is 0 Å². The lowest BCUT2D eigenvalue weighted by Gasteiger charge is -2.14. The average molecular weight is 429 g/mol. The van der Waals surface area contributed by atoms with E-state index in [4.69, 9.17) is 9.97 Å². The highest BCUT2D eigenvalue weighted by Gasteiger charge is 2.17. The fourth-order valence-corrected chi connectivity index (χ4v) is 4.84. The molecule has 0 aliphatic carbocycles. The average Bonchev–Trinajstić information content (AvgIpc) is 3.50. The lowest BCUT2D eigenvalue weighted by Crippen LogP contribution is -1.99. The Hall–Kier alpha value is -3.22. The summed E-state index contributed by atoms with van der Waals surface area (Å²) in [7, 11) is 1.92. The van der Waals surface area contributed by atoms with Gasteiger partial charge < -0.3 is 10.6 Å². The maximum atomic E-state index is 5.14. The summed E-state index contributed by atoms with van der Waals surface area (Å²) in [5, 5.41) is 10.8. The van der Waals surface area contributed by atoms with Gasteiger partial charge in [-0.25, -0.2) is 9.97 Å². The molecule has 0 bridgehead atoms. The molecule has 0 atom stereocenters. The molecule has 148 valence electrons. The van der Waals surface area contributed by atoms with Gasteiger partial charge in [0.05, 0.1) is 21.0 Å². The van der Waals surface area contributed by atoms with Crippen LogP contribution in [0.15, 0.2) is 71.4 Å². The number of fused-ring (bicyclic) bond motifs is 1. The number of nitrogens with zero attached hydrogens (tertiary/aromatic N) is 2. The molecule has 5 aromatic rings. The van der Waals surface area contributed by atoms with Crippen LogP contribution in [0.1, 0.15) is 5.56 Å². The molecule has 3 aromatic heterocycles. The summed E-state index contributed by atoms with van der Waals surface area (Å²) >= 11 is 3.38. The Morgan fingerprint density at radius 3 is 1.87 bits per heavy atom. The topological polar surface area (TPSA) is 49.8 Å². The van der Waals surface area contributed by atoms with Crippen LogP contribution in [0.4, 0.5) is 17.1 Å². The fourth-order valence-electron chi connectivity index (χ4n) is 3.41. The summed E-state index contributed by atoms with van der Waals surface area (Å²) in [6.07, 6.45) is 0. The number of hydrogen-bond donors (Lipinski definition) is 2. The van der Waals surface area contributed by atoms with Crippen LogP contribution in [0.2, 0.25) is 0 Å². The quantitative estimate of drug-likeness (QED) is 0.311. The smallest absolute Gasteiger partial charge is 0.113 e. The van der Waals surface area contributed by atoms with Crippen molar-refractivity contribution in [3.63, 3.8) is 0 Å². The molecule has 30 heavy (non-hydrogen) atoms. The summed E-state index contributed by atoms with van der Waals surface area (Å²) in [5.74, 6) is 0. The standard InChI is InChI=1S/C24H20N4S2/c1-15-7-12-18(26-17-10-8-16(25-2)9-11-17)22-21(15)27-23(19-5-3-13-29-19)24(28-22)20-6-4-14-30-20/h3-14,25-26H,1-2H3. The molecule has 4 nitrogen and oxygen atoms in total. The number of aryl methyl sites for hydroxylation is 1. The van der Waals surface area contributed by atoms with E-state index in [2.05, 4.69) is 89.0 Å². The van der Waals surface area contributed by atoms with Crippen molar-refractivity contribution >= 4 is 50.8 Å². The SMILES string of the molecule is CNc1ccc(Nc2ccc(C)c3nc(-c4cccs4)c(-c4cccs4)nc23)cc1. The van der Waals surface area contributed by atoms with E-state index in [-0.39, 0.29) is 0 Å². The summed E-state index contributed by atoms with van der Waals surface area (Å²) in [6, 6.07) is 20.7. The molecule has 2 N–H and O–H groups in total. The number of hydrogen-bond acceptors (Lipinski definition) is 6. The second kappa shape index (κ2) is 7.89. The molecule has 0 amide bonds. The fraction of sp³-hybridized carbons (Fsp3) is 0.0833. The van der Waals surface area contributed by atoms with Gasteiger partial charge in [-0.1, -0.05) is 18.2 Å². The third-order valence-corrected chi connectivity index (χ3v) is 6.74. The maximum absolute atomic E-state index is 5.14. The summed E-state index contributed by atoms with van der Waals surface area (Å²) in [6.45, 7) is 2.09. The normalized spacial score (nSPS) is 11.0. The molecule has 0 aliphatic heterocycles. The molecule has 6 heteroatoms. The number of rotatable bonds is 5. The summed E-state index contributed by atoms with van der Waals surface area (Å²) in [4.78, 5) is 12.5. The number of nitrogens with one attached hydrogen (secondary N) is 2. The Labute approximate surface area is 183 Å². The van der Waals surface area contributed by atoms with Crippen molar-refractivity contribution in [1.82, 2.24) is 9.97 Å². The zero-order valence-electron chi connectivity index (χ0n) is 16.6. The van der Waals surface area contributed by atoms with E-state index >= 15 is 0 Å². The van der Waals surface area contributed by atoms with Crippen molar-refractivity contribution in [2.24, 2.45) is 0 Å². The van der Waals surface area contributed by atoms with Crippen LogP contribution in [0.3, 0.4) is 0 Å².